The third-order valence-corrected chi connectivity index (χ3v) is 3.44. The van der Waals surface area contributed by atoms with Crippen LogP contribution in [0.4, 0.5) is 0 Å². The van der Waals surface area contributed by atoms with Gasteiger partial charge in [0.1, 0.15) is 0 Å². The molecule has 1 aromatic rings. The molecule has 0 aliphatic heterocycles. The van der Waals surface area contributed by atoms with Crippen LogP contribution in [0, 0.1) is 0 Å². The van der Waals surface area contributed by atoms with Crippen molar-refractivity contribution in [3.05, 3.63) is 34.9 Å². The number of nitrogens with zero attached hydrogens (tertiary/aromatic N) is 1. The van der Waals surface area contributed by atoms with E-state index in [0.29, 0.717) is 12.6 Å². The van der Waals surface area contributed by atoms with Gasteiger partial charge in [0.2, 0.25) is 0 Å². The van der Waals surface area contributed by atoms with Gasteiger partial charge in [-0.05, 0) is 38.1 Å². The van der Waals surface area contributed by atoms with Crippen molar-refractivity contribution in [1.82, 2.24) is 4.90 Å². The number of hydrogen-bond acceptors (Lipinski definition) is 3. The van der Waals surface area contributed by atoms with E-state index < -0.39 is 0 Å². The predicted molar refractivity (Wildman–Crippen MR) is 77.0 cm³/mol. The number of halogens is 1. The Labute approximate surface area is 115 Å². The van der Waals surface area contributed by atoms with Crippen LogP contribution in [0.3, 0.4) is 0 Å². The van der Waals surface area contributed by atoms with Crippen molar-refractivity contribution in [1.29, 1.82) is 0 Å². The van der Waals surface area contributed by atoms with Crippen LogP contribution in [0.2, 0.25) is 5.02 Å². The lowest BCUT2D eigenvalue weighted by Crippen LogP contribution is -2.37. The molecule has 0 fully saturated rings. The first-order chi connectivity index (χ1) is 8.54. The first-order valence-electron chi connectivity index (χ1n) is 6.24. The average Bonchev–Trinajstić information content (AvgIpc) is 2.35. The highest BCUT2D eigenvalue weighted by molar-refractivity contribution is 6.30. The van der Waals surface area contributed by atoms with Crippen LogP contribution in [0.1, 0.15) is 24.9 Å². The summed E-state index contributed by atoms with van der Waals surface area (Å²) in [4.78, 5) is 2.24. The molecule has 0 aromatic heterocycles. The van der Waals surface area contributed by atoms with E-state index in [-0.39, 0.29) is 6.04 Å². The smallest absolute Gasteiger partial charge is 0.0477 e. The Kier molecular flexibility index (Phi) is 6.65. The van der Waals surface area contributed by atoms with Gasteiger partial charge in [-0.1, -0.05) is 23.7 Å². The van der Waals surface area contributed by atoms with Gasteiger partial charge in [0.05, 0.1) is 0 Å². The number of benzene rings is 1. The summed E-state index contributed by atoms with van der Waals surface area (Å²) in [6.07, 6.45) is 0.878. The maximum absolute atomic E-state index is 6.06. The zero-order chi connectivity index (χ0) is 13.5. The molecule has 18 heavy (non-hydrogen) atoms. The standard InChI is InChI=1S/C14H23ClN2O/c1-11(12-5-4-6-13(15)9-12)17(2)10-14(16)7-8-18-3/h4-6,9,11,14H,7-8,10,16H2,1-3H3. The van der Waals surface area contributed by atoms with E-state index in [1.54, 1.807) is 7.11 Å². The molecule has 1 aromatic carbocycles. The molecule has 0 amide bonds. The monoisotopic (exact) mass is 270 g/mol. The number of hydrogen-bond donors (Lipinski definition) is 1. The Morgan fingerprint density at radius 1 is 1.44 bits per heavy atom. The summed E-state index contributed by atoms with van der Waals surface area (Å²) in [5, 5.41) is 0.774. The Morgan fingerprint density at radius 2 is 2.17 bits per heavy atom. The molecule has 0 bridgehead atoms. The third kappa shape index (κ3) is 4.94. The Bertz CT molecular complexity index is 359. The summed E-state index contributed by atoms with van der Waals surface area (Å²) in [7, 11) is 3.78. The van der Waals surface area contributed by atoms with Gasteiger partial charge in [-0.2, -0.15) is 0 Å². The van der Waals surface area contributed by atoms with Gasteiger partial charge >= 0.3 is 0 Å². The average molecular weight is 271 g/mol. The summed E-state index contributed by atoms with van der Waals surface area (Å²) in [6, 6.07) is 8.40. The topological polar surface area (TPSA) is 38.5 Å². The van der Waals surface area contributed by atoms with Gasteiger partial charge in [0, 0.05) is 37.4 Å². The molecule has 0 saturated carbocycles. The van der Waals surface area contributed by atoms with Gasteiger partial charge in [-0.25, -0.2) is 0 Å². The fourth-order valence-electron chi connectivity index (χ4n) is 1.91. The quantitative estimate of drug-likeness (QED) is 0.828. The molecule has 0 heterocycles. The number of rotatable bonds is 7. The van der Waals surface area contributed by atoms with Crippen LogP contribution in [0.15, 0.2) is 24.3 Å². The first kappa shape index (κ1) is 15.4. The molecule has 0 spiro atoms. The lowest BCUT2D eigenvalue weighted by atomic mass is 10.1. The van der Waals surface area contributed by atoms with Gasteiger partial charge in [-0.3, -0.25) is 4.90 Å². The zero-order valence-corrected chi connectivity index (χ0v) is 12.2. The summed E-state index contributed by atoms with van der Waals surface area (Å²) in [5.41, 5.74) is 7.27. The minimum atomic E-state index is 0.136. The molecule has 0 aliphatic rings. The zero-order valence-electron chi connectivity index (χ0n) is 11.4. The Morgan fingerprint density at radius 3 is 2.78 bits per heavy atom. The highest BCUT2D eigenvalue weighted by Gasteiger charge is 2.14. The van der Waals surface area contributed by atoms with Gasteiger partial charge in [-0.15, -0.1) is 0 Å². The van der Waals surface area contributed by atoms with E-state index >= 15 is 0 Å². The molecule has 4 heteroatoms. The summed E-state index contributed by atoms with van der Waals surface area (Å²) in [5.74, 6) is 0. The van der Waals surface area contributed by atoms with Crippen LogP contribution < -0.4 is 5.73 Å². The lowest BCUT2D eigenvalue weighted by molar-refractivity contribution is 0.172. The van der Waals surface area contributed by atoms with Crippen molar-refractivity contribution >= 4 is 11.6 Å². The van der Waals surface area contributed by atoms with Crippen molar-refractivity contribution in [3.63, 3.8) is 0 Å². The number of methoxy groups -OCH3 is 1. The van der Waals surface area contributed by atoms with Crippen LogP contribution in [0.25, 0.3) is 0 Å². The molecule has 2 N–H and O–H groups in total. The summed E-state index contributed by atoms with van der Waals surface area (Å²) in [6.45, 7) is 3.71. The minimum Gasteiger partial charge on any atom is -0.385 e. The molecule has 0 aliphatic carbocycles. The van der Waals surface area contributed by atoms with Crippen molar-refractivity contribution in [2.75, 3.05) is 27.3 Å². The molecule has 3 nitrogen and oxygen atoms in total. The molecule has 2 unspecified atom stereocenters. The van der Waals surface area contributed by atoms with E-state index in [1.807, 2.05) is 18.2 Å². The highest BCUT2D eigenvalue weighted by atomic mass is 35.5. The SMILES string of the molecule is COCCC(N)CN(C)C(C)c1cccc(Cl)c1. The van der Waals surface area contributed by atoms with Gasteiger partial charge in [0.15, 0.2) is 0 Å². The second-order valence-corrected chi connectivity index (χ2v) is 5.15. The first-order valence-corrected chi connectivity index (χ1v) is 6.62. The Hall–Kier alpha value is -0.610. The van der Waals surface area contributed by atoms with Crippen LogP contribution >= 0.6 is 11.6 Å². The van der Waals surface area contributed by atoms with E-state index in [9.17, 15) is 0 Å². The molecular formula is C14H23ClN2O. The third-order valence-electron chi connectivity index (χ3n) is 3.21. The second kappa shape index (κ2) is 7.74. The summed E-state index contributed by atoms with van der Waals surface area (Å²) >= 11 is 6.01. The highest BCUT2D eigenvalue weighted by Crippen LogP contribution is 2.21. The predicted octanol–water partition coefficient (Wildman–Crippen LogP) is 2.70. The summed E-state index contributed by atoms with van der Waals surface area (Å²) < 4.78 is 5.04. The fourth-order valence-corrected chi connectivity index (χ4v) is 2.11. The second-order valence-electron chi connectivity index (χ2n) is 4.71. The Balaban J connectivity index is 2.53. The number of ether oxygens (including phenoxy) is 1. The van der Waals surface area contributed by atoms with E-state index in [0.717, 1.165) is 18.0 Å². The lowest BCUT2D eigenvalue weighted by Gasteiger charge is -2.27. The molecule has 102 valence electrons. The van der Waals surface area contributed by atoms with Gasteiger partial charge in [0.25, 0.3) is 0 Å². The van der Waals surface area contributed by atoms with Crippen molar-refractivity contribution in [2.24, 2.45) is 5.73 Å². The minimum absolute atomic E-state index is 0.136. The van der Waals surface area contributed by atoms with Crippen LogP contribution in [-0.2, 0) is 4.74 Å². The van der Waals surface area contributed by atoms with Crippen LogP contribution in [0.5, 0.6) is 0 Å². The molecule has 1 rings (SSSR count). The maximum atomic E-state index is 6.06. The van der Waals surface area contributed by atoms with E-state index in [1.165, 1.54) is 5.56 Å². The van der Waals surface area contributed by atoms with Crippen LogP contribution in [-0.4, -0.2) is 38.3 Å². The maximum Gasteiger partial charge on any atom is 0.0477 e. The largest absolute Gasteiger partial charge is 0.385 e. The molecular weight excluding hydrogens is 248 g/mol. The molecule has 0 radical (unpaired) electrons. The van der Waals surface area contributed by atoms with Crippen molar-refractivity contribution < 1.29 is 4.74 Å². The van der Waals surface area contributed by atoms with E-state index in [2.05, 4.69) is 24.9 Å². The van der Waals surface area contributed by atoms with E-state index in [4.69, 9.17) is 22.1 Å². The molecule has 2 atom stereocenters. The molecule has 0 saturated heterocycles. The fraction of sp³-hybridized carbons (Fsp3) is 0.571. The van der Waals surface area contributed by atoms with Crippen molar-refractivity contribution in [2.45, 2.75) is 25.4 Å². The van der Waals surface area contributed by atoms with Gasteiger partial charge < -0.3 is 10.5 Å². The number of likely N-dealkylation sites (N-methyl/N-ethyl adjacent to an activating group) is 1. The number of nitrogens with two attached hydrogens (primary N) is 1. The van der Waals surface area contributed by atoms with Crippen molar-refractivity contribution in [3.8, 4) is 0 Å². The normalized spacial score (nSPS) is 14.8.